The van der Waals surface area contributed by atoms with E-state index in [1.165, 1.54) is 0 Å². The van der Waals surface area contributed by atoms with Crippen molar-refractivity contribution in [1.29, 1.82) is 5.26 Å². The van der Waals surface area contributed by atoms with Crippen LogP contribution in [0.2, 0.25) is 0 Å². The molecule has 1 aromatic carbocycles. The van der Waals surface area contributed by atoms with Crippen molar-refractivity contribution in [2.24, 2.45) is 0 Å². The van der Waals surface area contributed by atoms with Crippen molar-refractivity contribution in [2.45, 2.75) is 25.8 Å². The van der Waals surface area contributed by atoms with Crippen LogP contribution in [-0.2, 0) is 4.79 Å². The molecule has 1 unspecified atom stereocenters. The fourth-order valence-electron chi connectivity index (χ4n) is 1.43. The fraction of sp³-hybridized carbons (Fsp3) is 0.333. The molecule has 0 fully saturated rings. The largest absolute Gasteiger partial charge is 0.481 e. The van der Waals surface area contributed by atoms with Crippen molar-refractivity contribution >= 4 is 11.7 Å². The molecule has 1 aromatic rings. The molecule has 2 N–H and O–H groups in total. The summed E-state index contributed by atoms with van der Waals surface area (Å²) in [4.78, 5) is 10.6. The molecule has 0 aliphatic carbocycles. The topological polar surface area (TPSA) is 73.1 Å². The van der Waals surface area contributed by atoms with Gasteiger partial charge in [-0.05, 0) is 18.6 Å². The molecule has 16 heavy (non-hydrogen) atoms. The number of hydrogen-bond donors (Lipinski definition) is 2. The molecule has 1 atom stereocenters. The average Bonchev–Trinajstić information content (AvgIpc) is 2.28. The van der Waals surface area contributed by atoms with Gasteiger partial charge in [-0.15, -0.1) is 0 Å². The zero-order chi connectivity index (χ0) is 12.0. The van der Waals surface area contributed by atoms with Crippen molar-refractivity contribution in [3.63, 3.8) is 0 Å². The van der Waals surface area contributed by atoms with Gasteiger partial charge in [0.25, 0.3) is 0 Å². The number of nitrogens with zero attached hydrogens (tertiary/aromatic N) is 1. The number of anilines is 1. The van der Waals surface area contributed by atoms with Crippen LogP contribution in [0.4, 0.5) is 5.69 Å². The number of carbonyl (C=O) groups is 1. The number of nitriles is 1. The number of carboxylic acid groups (broad SMARTS) is 1. The zero-order valence-electron chi connectivity index (χ0n) is 9.10. The monoisotopic (exact) mass is 218 g/mol. The lowest BCUT2D eigenvalue weighted by atomic mass is 10.1. The third kappa shape index (κ3) is 3.28. The Bertz CT molecular complexity index is 410. The van der Waals surface area contributed by atoms with E-state index < -0.39 is 5.97 Å². The molecule has 4 nitrogen and oxygen atoms in total. The Morgan fingerprint density at radius 1 is 1.56 bits per heavy atom. The predicted octanol–water partition coefficient (Wildman–Crippen LogP) is 2.22. The Morgan fingerprint density at radius 2 is 2.25 bits per heavy atom. The highest BCUT2D eigenvalue weighted by atomic mass is 16.4. The summed E-state index contributed by atoms with van der Waals surface area (Å²) >= 11 is 0. The van der Waals surface area contributed by atoms with Gasteiger partial charge < -0.3 is 10.4 Å². The Balaban J connectivity index is 2.78. The predicted molar refractivity (Wildman–Crippen MR) is 61.1 cm³/mol. The molecule has 84 valence electrons. The maximum atomic E-state index is 10.6. The smallest absolute Gasteiger partial charge is 0.305 e. The highest BCUT2D eigenvalue weighted by Crippen LogP contribution is 2.16. The summed E-state index contributed by atoms with van der Waals surface area (Å²) in [5.41, 5.74) is 1.23. The minimum atomic E-state index is -0.839. The number of para-hydroxylation sites is 1. The lowest BCUT2D eigenvalue weighted by Gasteiger charge is -2.16. The summed E-state index contributed by atoms with van der Waals surface area (Å²) in [6.45, 7) is 1.91. The molecule has 0 heterocycles. The van der Waals surface area contributed by atoms with Gasteiger partial charge in [0.1, 0.15) is 6.07 Å². The van der Waals surface area contributed by atoms with Gasteiger partial charge in [0.2, 0.25) is 0 Å². The van der Waals surface area contributed by atoms with Crippen LogP contribution in [-0.4, -0.2) is 17.1 Å². The number of carboxylic acids is 1. The molecule has 0 spiro atoms. The van der Waals surface area contributed by atoms with E-state index in [0.717, 1.165) is 0 Å². The van der Waals surface area contributed by atoms with Crippen molar-refractivity contribution in [1.82, 2.24) is 0 Å². The van der Waals surface area contributed by atoms with E-state index in [-0.39, 0.29) is 12.5 Å². The van der Waals surface area contributed by atoms with Crippen LogP contribution in [0.5, 0.6) is 0 Å². The summed E-state index contributed by atoms with van der Waals surface area (Å²) in [5, 5.41) is 20.7. The molecule has 0 amide bonds. The first kappa shape index (κ1) is 12.1. The van der Waals surface area contributed by atoms with E-state index in [0.29, 0.717) is 17.7 Å². The van der Waals surface area contributed by atoms with E-state index in [2.05, 4.69) is 11.4 Å². The normalized spacial score (nSPS) is 11.5. The van der Waals surface area contributed by atoms with Crippen molar-refractivity contribution in [3.05, 3.63) is 29.8 Å². The van der Waals surface area contributed by atoms with Gasteiger partial charge in [-0.2, -0.15) is 5.26 Å². The Kier molecular flexibility index (Phi) is 4.34. The average molecular weight is 218 g/mol. The molecule has 0 aromatic heterocycles. The first-order valence-electron chi connectivity index (χ1n) is 5.14. The molecular weight excluding hydrogens is 204 g/mol. The number of aliphatic carboxylic acids is 1. The Labute approximate surface area is 94.5 Å². The minimum Gasteiger partial charge on any atom is -0.481 e. The van der Waals surface area contributed by atoms with Crippen LogP contribution in [0.3, 0.4) is 0 Å². The third-order valence-electron chi connectivity index (χ3n) is 2.32. The lowest BCUT2D eigenvalue weighted by Crippen LogP contribution is -2.22. The van der Waals surface area contributed by atoms with Crippen LogP contribution < -0.4 is 5.32 Å². The van der Waals surface area contributed by atoms with Gasteiger partial charge in [0.05, 0.1) is 17.7 Å². The van der Waals surface area contributed by atoms with E-state index in [9.17, 15) is 4.79 Å². The third-order valence-corrected chi connectivity index (χ3v) is 2.32. The minimum absolute atomic E-state index is 0.0518. The van der Waals surface area contributed by atoms with Crippen LogP contribution >= 0.6 is 0 Å². The molecule has 4 heteroatoms. The second-order valence-corrected chi connectivity index (χ2v) is 3.50. The Hall–Kier alpha value is -2.02. The second-order valence-electron chi connectivity index (χ2n) is 3.50. The van der Waals surface area contributed by atoms with E-state index in [1.807, 2.05) is 13.0 Å². The van der Waals surface area contributed by atoms with Gasteiger partial charge >= 0.3 is 5.97 Å². The van der Waals surface area contributed by atoms with Crippen LogP contribution in [0.15, 0.2) is 24.3 Å². The van der Waals surface area contributed by atoms with E-state index in [4.69, 9.17) is 10.4 Å². The Morgan fingerprint density at radius 3 is 2.81 bits per heavy atom. The van der Waals surface area contributed by atoms with Crippen molar-refractivity contribution in [2.75, 3.05) is 5.32 Å². The molecule has 0 aliphatic rings. The molecule has 1 rings (SSSR count). The number of rotatable bonds is 5. The number of benzene rings is 1. The van der Waals surface area contributed by atoms with Crippen LogP contribution in [0.1, 0.15) is 25.3 Å². The van der Waals surface area contributed by atoms with Gasteiger partial charge in [-0.25, -0.2) is 0 Å². The van der Waals surface area contributed by atoms with E-state index >= 15 is 0 Å². The molecule has 0 aliphatic heterocycles. The summed E-state index contributed by atoms with van der Waals surface area (Å²) in [5.74, 6) is -0.839. The number of nitrogens with one attached hydrogen (secondary N) is 1. The summed E-state index contributed by atoms with van der Waals surface area (Å²) in [7, 11) is 0. The highest BCUT2D eigenvalue weighted by Gasteiger charge is 2.12. The van der Waals surface area contributed by atoms with E-state index in [1.54, 1.807) is 18.2 Å². The van der Waals surface area contributed by atoms with Gasteiger partial charge in [-0.3, -0.25) is 4.79 Å². The number of hydrogen-bond acceptors (Lipinski definition) is 3. The molecule has 0 saturated carbocycles. The SMILES string of the molecule is CCC(CC(=O)O)Nc1ccccc1C#N. The summed E-state index contributed by atoms with van der Waals surface area (Å²) < 4.78 is 0. The molecule has 0 saturated heterocycles. The van der Waals surface area contributed by atoms with Crippen LogP contribution in [0.25, 0.3) is 0 Å². The quantitative estimate of drug-likeness (QED) is 0.794. The highest BCUT2D eigenvalue weighted by molar-refractivity contribution is 5.68. The molecular formula is C12H14N2O2. The maximum Gasteiger partial charge on any atom is 0.305 e. The van der Waals surface area contributed by atoms with Gasteiger partial charge in [0, 0.05) is 6.04 Å². The fourth-order valence-corrected chi connectivity index (χ4v) is 1.43. The summed E-state index contributed by atoms with van der Waals surface area (Å²) in [6, 6.07) is 9.00. The summed E-state index contributed by atoms with van der Waals surface area (Å²) in [6.07, 6.45) is 0.752. The first-order chi connectivity index (χ1) is 7.67. The maximum absolute atomic E-state index is 10.6. The van der Waals surface area contributed by atoms with Gasteiger partial charge in [0.15, 0.2) is 0 Å². The zero-order valence-corrected chi connectivity index (χ0v) is 9.10. The van der Waals surface area contributed by atoms with Gasteiger partial charge in [-0.1, -0.05) is 19.1 Å². The molecule has 0 bridgehead atoms. The lowest BCUT2D eigenvalue weighted by molar-refractivity contribution is -0.137. The second kappa shape index (κ2) is 5.76. The first-order valence-corrected chi connectivity index (χ1v) is 5.14. The van der Waals surface area contributed by atoms with Crippen molar-refractivity contribution in [3.8, 4) is 6.07 Å². The standard InChI is InChI=1S/C12H14N2O2/c1-2-10(7-12(15)16)14-11-6-4-3-5-9(11)8-13/h3-6,10,14H,2,7H2,1H3,(H,15,16). The van der Waals surface area contributed by atoms with Crippen molar-refractivity contribution < 1.29 is 9.90 Å². The molecule has 0 radical (unpaired) electrons. The van der Waals surface area contributed by atoms with Crippen LogP contribution in [0, 0.1) is 11.3 Å².